The number of aromatic nitrogens is 1. The summed E-state index contributed by atoms with van der Waals surface area (Å²) in [5.41, 5.74) is 0.277. The summed E-state index contributed by atoms with van der Waals surface area (Å²) in [6, 6.07) is 11.1. The van der Waals surface area contributed by atoms with E-state index in [0.29, 0.717) is 22.4 Å². The minimum absolute atomic E-state index is 0.223. The zero-order valence-electron chi connectivity index (χ0n) is 23.7. The predicted octanol–water partition coefficient (Wildman–Crippen LogP) is 5.79. The van der Waals surface area contributed by atoms with E-state index < -0.39 is 34.9 Å². The lowest BCUT2D eigenvalue weighted by Gasteiger charge is -2.21. The molecule has 0 spiro atoms. The third-order valence-electron chi connectivity index (χ3n) is 5.46. The van der Waals surface area contributed by atoms with Crippen LogP contribution in [0.25, 0.3) is 11.1 Å². The summed E-state index contributed by atoms with van der Waals surface area (Å²) < 4.78 is 25.6. The number of nitrogens with zero attached hydrogens (tertiary/aromatic N) is 1. The third-order valence-corrected chi connectivity index (χ3v) is 5.46. The van der Waals surface area contributed by atoms with Gasteiger partial charge in [0, 0.05) is 52.8 Å². The average Bonchev–Trinajstić information content (AvgIpc) is 2.82. The van der Waals surface area contributed by atoms with E-state index >= 15 is 0 Å². The van der Waals surface area contributed by atoms with Gasteiger partial charge in [0.2, 0.25) is 0 Å². The second kappa shape index (κ2) is 11.7. The Morgan fingerprint density at radius 2 is 1.55 bits per heavy atom. The molecule has 9 nitrogen and oxygen atoms in total. The Bertz CT molecular complexity index is 1480. The van der Waals surface area contributed by atoms with Gasteiger partial charge in [0.25, 0.3) is 5.56 Å². The quantitative estimate of drug-likeness (QED) is 0.375. The van der Waals surface area contributed by atoms with Gasteiger partial charge in [-0.25, -0.2) is 14.0 Å². The number of ether oxygens (including phenoxy) is 2. The Kier molecular flexibility index (Phi) is 8.82. The van der Waals surface area contributed by atoms with Crippen LogP contribution in [0, 0.1) is 5.82 Å². The number of aryl methyl sites for hydroxylation is 1. The van der Waals surface area contributed by atoms with Crippen LogP contribution in [0.2, 0.25) is 0 Å². The van der Waals surface area contributed by atoms with E-state index in [4.69, 9.17) is 9.47 Å². The molecule has 0 radical (unpaired) electrons. The number of carbonyl (C=O) groups excluding carboxylic acids is 3. The second-order valence-electron chi connectivity index (χ2n) is 11.3. The number of amides is 2. The van der Waals surface area contributed by atoms with Crippen LogP contribution in [-0.4, -0.2) is 33.7 Å². The van der Waals surface area contributed by atoms with Crippen molar-refractivity contribution in [2.75, 3.05) is 5.32 Å². The molecular weight excluding hydrogens is 517 g/mol. The van der Waals surface area contributed by atoms with Crippen molar-refractivity contribution in [3.63, 3.8) is 0 Å². The number of ketones is 1. The first kappa shape index (κ1) is 30.1. The fourth-order valence-corrected chi connectivity index (χ4v) is 3.74. The lowest BCUT2D eigenvalue weighted by Crippen LogP contribution is -2.40. The zero-order chi connectivity index (χ0) is 29.8. The molecule has 3 rings (SSSR count). The van der Waals surface area contributed by atoms with E-state index in [1.807, 2.05) is 0 Å². The molecule has 0 unspecified atom stereocenters. The molecule has 0 atom stereocenters. The molecule has 0 aliphatic rings. The third kappa shape index (κ3) is 8.26. The number of halogens is 1. The number of anilines is 1. The fourth-order valence-electron chi connectivity index (χ4n) is 3.74. The van der Waals surface area contributed by atoms with Gasteiger partial charge in [0.05, 0.1) is 0 Å². The van der Waals surface area contributed by atoms with Gasteiger partial charge in [-0.15, -0.1) is 0 Å². The lowest BCUT2D eigenvalue weighted by molar-refractivity contribution is 0.0635. The molecule has 10 heteroatoms. The molecule has 2 aromatic carbocycles. The van der Waals surface area contributed by atoms with Crippen molar-refractivity contribution in [1.29, 1.82) is 0 Å². The Balaban J connectivity index is 2.13. The summed E-state index contributed by atoms with van der Waals surface area (Å²) in [6.45, 7) is 10.3. The van der Waals surface area contributed by atoms with Crippen molar-refractivity contribution in [1.82, 2.24) is 9.88 Å². The molecule has 212 valence electrons. The van der Waals surface area contributed by atoms with Crippen LogP contribution >= 0.6 is 0 Å². The van der Waals surface area contributed by atoms with Crippen molar-refractivity contribution in [3.8, 4) is 11.1 Å². The van der Waals surface area contributed by atoms with Crippen LogP contribution in [0.3, 0.4) is 0 Å². The molecule has 0 saturated heterocycles. The van der Waals surface area contributed by atoms with Crippen LogP contribution in [-0.2, 0) is 23.1 Å². The molecule has 0 fully saturated rings. The highest BCUT2D eigenvalue weighted by molar-refractivity contribution is 6.13. The monoisotopic (exact) mass is 551 g/mol. The summed E-state index contributed by atoms with van der Waals surface area (Å²) in [4.78, 5) is 50.9. The van der Waals surface area contributed by atoms with E-state index in [0.717, 1.165) is 0 Å². The SMILES string of the molecule is Cn1cc(-c2cc(NC(=O)OC(C)(C)C)ccc2C(=O)c2ccc(F)cc2)c(COC(=O)NC(C)(C)C)cc1=O. The smallest absolute Gasteiger partial charge is 0.412 e. The normalized spacial score (nSPS) is 11.5. The molecule has 0 aliphatic heterocycles. The van der Waals surface area contributed by atoms with Crippen molar-refractivity contribution in [2.45, 2.75) is 59.3 Å². The highest BCUT2D eigenvalue weighted by Gasteiger charge is 2.22. The summed E-state index contributed by atoms with van der Waals surface area (Å²) in [5.74, 6) is -0.898. The number of carbonyl (C=O) groups is 3. The molecular formula is C30H34FN3O6. The van der Waals surface area contributed by atoms with Gasteiger partial charge in [-0.3, -0.25) is 14.9 Å². The van der Waals surface area contributed by atoms with E-state index in [2.05, 4.69) is 10.6 Å². The number of alkyl carbamates (subject to hydrolysis) is 1. The minimum Gasteiger partial charge on any atom is -0.445 e. The summed E-state index contributed by atoms with van der Waals surface area (Å²) in [6.07, 6.45) is 0.150. The maximum Gasteiger partial charge on any atom is 0.412 e. The van der Waals surface area contributed by atoms with E-state index in [-0.39, 0.29) is 23.3 Å². The Morgan fingerprint density at radius 3 is 2.15 bits per heavy atom. The number of benzene rings is 2. The second-order valence-corrected chi connectivity index (χ2v) is 11.3. The number of hydrogen-bond acceptors (Lipinski definition) is 6. The minimum atomic E-state index is -0.735. The van der Waals surface area contributed by atoms with E-state index in [1.54, 1.807) is 60.7 Å². The van der Waals surface area contributed by atoms with Crippen LogP contribution in [0.5, 0.6) is 0 Å². The highest BCUT2D eigenvalue weighted by Crippen LogP contribution is 2.32. The molecule has 2 N–H and O–H groups in total. The van der Waals surface area contributed by atoms with Crippen molar-refractivity contribution in [2.24, 2.45) is 7.05 Å². The highest BCUT2D eigenvalue weighted by atomic mass is 19.1. The first-order valence-corrected chi connectivity index (χ1v) is 12.6. The van der Waals surface area contributed by atoms with Gasteiger partial charge in [0.1, 0.15) is 18.0 Å². The number of rotatable bonds is 6. The topological polar surface area (TPSA) is 116 Å². The van der Waals surface area contributed by atoms with Gasteiger partial charge in [-0.2, -0.15) is 0 Å². The number of nitrogens with one attached hydrogen (secondary N) is 2. The molecule has 0 aliphatic carbocycles. The zero-order valence-corrected chi connectivity index (χ0v) is 23.7. The van der Waals surface area contributed by atoms with Crippen LogP contribution in [0.4, 0.5) is 19.7 Å². The molecule has 0 saturated carbocycles. The van der Waals surface area contributed by atoms with Crippen molar-refractivity contribution < 1.29 is 28.2 Å². The van der Waals surface area contributed by atoms with Crippen LogP contribution < -0.4 is 16.2 Å². The number of hydrogen-bond donors (Lipinski definition) is 2. The van der Waals surface area contributed by atoms with Gasteiger partial charge in [-0.05, 0) is 89.6 Å². The maximum absolute atomic E-state index is 13.6. The standard InChI is InChI=1S/C30H34FN3O6/c1-29(2,3)33-28(38)39-17-19-14-25(35)34(7)16-24(19)23-15-21(32-27(37)40-30(4,5)6)12-13-22(23)26(36)18-8-10-20(31)11-9-18/h8-16H,17H2,1-7H3,(H,32,37)(H,33,38). The predicted molar refractivity (Wildman–Crippen MR) is 150 cm³/mol. The first-order chi connectivity index (χ1) is 18.5. The molecule has 3 aromatic rings. The van der Waals surface area contributed by atoms with Gasteiger partial charge >= 0.3 is 12.2 Å². The molecule has 40 heavy (non-hydrogen) atoms. The maximum atomic E-state index is 13.6. The Morgan fingerprint density at radius 1 is 0.900 bits per heavy atom. The van der Waals surface area contributed by atoms with Crippen molar-refractivity contribution >= 4 is 23.7 Å². The average molecular weight is 552 g/mol. The summed E-state index contributed by atoms with van der Waals surface area (Å²) >= 11 is 0. The van der Waals surface area contributed by atoms with Crippen LogP contribution in [0.15, 0.2) is 59.5 Å². The van der Waals surface area contributed by atoms with Gasteiger partial charge in [-0.1, -0.05) is 0 Å². The summed E-state index contributed by atoms with van der Waals surface area (Å²) in [7, 11) is 1.55. The van der Waals surface area contributed by atoms with Gasteiger partial charge < -0.3 is 19.4 Å². The molecule has 1 aromatic heterocycles. The van der Waals surface area contributed by atoms with E-state index in [9.17, 15) is 23.6 Å². The van der Waals surface area contributed by atoms with E-state index in [1.165, 1.54) is 47.2 Å². The number of pyridine rings is 1. The van der Waals surface area contributed by atoms with Crippen molar-refractivity contribution in [3.05, 3.63) is 87.6 Å². The fraction of sp³-hybridized carbons (Fsp3) is 0.333. The molecule has 2 amide bonds. The van der Waals surface area contributed by atoms with Gasteiger partial charge in [0.15, 0.2) is 5.78 Å². The van der Waals surface area contributed by atoms with Crippen LogP contribution in [0.1, 0.15) is 63.0 Å². The summed E-state index contributed by atoms with van der Waals surface area (Å²) in [5, 5.41) is 5.35. The molecule has 1 heterocycles. The molecule has 0 bridgehead atoms. The first-order valence-electron chi connectivity index (χ1n) is 12.6. The largest absolute Gasteiger partial charge is 0.445 e. The lowest BCUT2D eigenvalue weighted by atomic mass is 9.92. The Hall–Kier alpha value is -4.47. The Labute approximate surface area is 232 Å².